The first kappa shape index (κ1) is 14.4. The van der Waals surface area contributed by atoms with E-state index < -0.39 is 6.10 Å². The highest BCUT2D eigenvalue weighted by Crippen LogP contribution is 2.30. The summed E-state index contributed by atoms with van der Waals surface area (Å²) in [7, 11) is 0. The number of carbonyl (C=O) groups excluding carboxylic acids is 2. The van der Waals surface area contributed by atoms with Gasteiger partial charge in [0.05, 0.1) is 5.69 Å². The van der Waals surface area contributed by atoms with Crippen molar-refractivity contribution >= 4 is 17.5 Å². The number of hydrogen-bond donors (Lipinski definition) is 2. The van der Waals surface area contributed by atoms with Crippen LogP contribution in [0.1, 0.15) is 37.6 Å². The summed E-state index contributed by atoms with van der Waals surface area (Å²) in [5, 5.41) is 5.61. The van der Waals surface area contributed by atoms with Gasteiger partial charge in [0, 0.05) is 12.1 Å². The van der Waals surface area contributed by atoms with Gasteiger partial charge in [0.1, 0.15) is 5.75 Å². The Kier molecular flexibility index (Phi) is 4.27. The van der Waals surface area contributed by atoms with Crippen LogP contribution in [0, 0.1) is 5.92 Å². The maximum atomic E-state index is 12.0. The van der Waals surface area contributed by atoms with E-state index in [2.05, 4.69) is 24.5 Å². The van der Waals surface area contributed by atoms with Crippen molar-refractivity contribution in [2.45, 2.75) is 33.3 Å². The number of nitrogens with one attached hydrogen (secondary N) is 2. The van der Waals surface area contributed by atoms with Crippen molar-refractivity contribution in [2.75, 3.05) is 11.9 Å². The molecular weight excluding hydrogens is 256 g/mol. The van der Waals surface area contributed by atoms with Crippen molar-refractivity contribution in [1.82, 2.24) is 5.32 Å². The summed E-state index contributed by atoms with van der Waals surface area (Å²) in [6, 6.07) is 5.04. The van der Waals surface area contributed by atoms with E-state index in [-0.39, 0.29) is 11.8 Å². The predicted molar refractivity (Wildman–Crippen MR) is 76.9 cm³/mol. The fourth-order valence-electron chi connectivity index (χ4n) is 1.92. The minimum Gasteiger partial charge on any atom is -0.479 e. The number of carbonyl (C=O) groups is 2. The molecule has 0 spiro atoms. The highest BCUT2D eigenvalue weighted by Gasteiger charge is 2.24. The summed E-state index contributed by atoms with van der Waals surface area (Å²) < 4.78 is 5.49. The average Bonchev–Trinajstić information content (AvgIpc) is 2.39. The molecule has 1 aliphatic heterocycles. The van der Waals surface area contributed by atoms with Crippen LogP contribution < -0.4 is 15.4 Å². The molecule has 1 heterocycles. The molecule has 108 valence electrons. The lowest BCUT2D eigenvalue weighted by molar-refractivity contribution is -0.122. The molecule has 0 saturated carbocycles. The summed E-state index contributed by atoms with van der Waals surface area (Å²) in [5.74, 6) is 0.792. The lowest BCUT2D eigenvalue weighted by Gasteiger charge is -2.23. The Morgan fingerprint density at radius 3 is 2.90 bits per heavy atom. The second kappa shape index (κ2) is 5.94. The van der Waals surface area contributed by atoms with Crippen LogP contribution in [-0.4, -0.2) is 24.5 Å². The summed E-state index contributed by atoms with van der Waals surface area (Å²) in [6.07, 6.45) is 0.405. The van der Waals surface area contributed by atoms with Gasteiger partial charge in [-0.2, -0.15) is 0 Å². The Bertz CT molecular complexity index is 526. The number of hydrogen-bond acceptors (Lipinski definition) is 3. The number of rotatable bonds is 4. The van der Waals surface area contributed by atoms with Gasteiger partial charge in [-0.05, 0) is 37.5 Å². The first-order valence-corrected chi connectivity index (χ1v) is 6.87. The van der Waals surface area contributed by atoms with Crippen molar-refractivity contribution in [3.05, 3.63) is 23.8 Å². The summed E-state index contributed by atoms with van der Waals surface area (Å²) in [4.78, 5) is 23.5. The van der Waals surface area contributed by atoms with Crippen LogP contribution in [0.25, 0.3) is 0 Å². The Morgan fingerprint density at radius 1 is 1.45 bits per heavy atom. The average molecular weight is 276 g/mol. The van der Waals surface area contributed by atoms with Gasteiger partial charge in [-0.1, -0.05) is 13.8 Å². The van der Waals surface area contributed by atoms with Crippen molar-refractivity contribution in [1.29, 1.82) is 0 Å². The molecule has 1 unspecified atom stereocenters. The van der Waals surface area contributed by atoms with Crippen molar-refractivity contribution < 1.29 is 14.3 Å². The molecule has 1 aliphatic rings. The topological polar surface area (TPSA) is 67.4 Å². The lowest BCUT2D eigenvalue weighted by atomic mass is 10.1. The van der Waals surface area contributed by atoms with E-state index in [1.807, 2.05) is 0 Å². The molecule has 5 heteroatoms. The second-order valence-corrected chi connectivity index (χ2v) is 5.40. The van der Waals surface area contributed by atoms with E-state index in [0.29, 0.717) is 29.5 Å². The standard InChI is InChI=1S/C15H20N2O3/c1-9(2)6-7-16-15(19)11-4-5-12-13(8-11)20-10(3)14(18)17-12/h4-5,8-10H,6-7H2,1-3H3,(H,16,19)(H,17,18). The van der Waals surface area contributed by atoms with Crippen LogP contribution in [0.15, 0.2) is 18.2 Å². The highest BCUT2D eigenvalue weighted by molar-refractivity contribution is 6.00. The third-order valence-corrected chi connectivity index (χ3v) is 3.18. The third kappa shape index (κ3) is 3.29. The van der Waals surface area contributed by atoms with Crippen LogP contribution in [0.4, 0.5) is 5.69 Å². The van der Waals surface area contributed by atoms with Gasteiger partial charge in [-0.15, -0.1) is 0 Å². The number of ether oxygens (including phenoxy) is 1. The molecule has 2 N–H and O–H groups in total. The number of anilines is 1. The zero-order valence-corrected chi connectivity index (χ0v) is 12.0. The molecule has 2 amide bonds. The Hall–Kier alpha value is -2.04. The van der Waals surface area contributed by atoms with Gasteiger partial charge in [-0.3, -0.25) is 9.59 Å². The minimum absolute atomic E-state index is 0.124. The summed E-state index contributed by atoms with van der Waals surface area (Å²) in [5.41, 5.74) is 1.14. The van der Waals surface area contributed by atoms with E-state index in [0.717, 1.165) is 6.42 Å². The van der Waals surface area contributed by atoms with E-state index in [1.54, 1.807) is 25.1 Å². The van der Waals surface area contributed by atoms with E-state index in [4.69, 9.17) is 4.74 Å². The zero-order valence-electron chi connectivity index (χ0n) is 12.0. The zero-order chi connectivity index (χ0) is 14.7. The van der Waals surface area contributed by atoms with Crippen molar-refractivity contribution in [3.8, 4) is 5.75 Å². The number of benzene rings is 1. The Labute approximate surface area is 118 Å². The molecule has 0 bridgehead atoms. The number of amides is 2. The smallest absolute Gasteiger partial charge is 0.265 e. The van der Waals surface area contributed by atoms with E-state index in [9.17, 15) is 9.59 Å². The van der Waals surface area contributed by atoms with Gasteiger partial charge >= 0.3 is 0 Å². The highest BCUT2D eigenvalue weighted by atomic mass is 16.5. The molecule has 1 aromatic carbocycles. The lowest BCUT2D eigenvalue weighted by Crippen LogP contribution is -2.34. The molecule has 0 saturated heterocycles. The van der Waals surface area contributed by atoms with E-state index in [1.165, 1.54) is 0 Å². The third-order valence-electron chi connectivity index (χ3n) is 3.18. The molecule has 0 aliphatic carbocycles. The predicted octanol–water partition coefficient (Wildman–Crippen LogP) is 2.18. The maximum absolute atomic E-state index is 12.0. The van der Waals surface area contributed by atoms with Gasteiger partial charge in [0.25, 0.3) is 11.8 Å². The Balaban J connectivity index is 2.05. The largest absolute Gasteiger partial charge is 0.479 e. The van der Waals surface area contributed by atoms with Crippen molar-refractivity contribution in [2.24, 2.45) is 5.92 Å². The molecule has 0 fully saturated rings. The SMILES string of the molecule is CC(C)CCNC(=O)c1ccc2c(c1)OC(C)C(=O)N2. The first-order chi connectivity index (χ1) is 9.47. The normalized spacial score (nSPS) is 17.2. The molecule has 0 aromatic heterocycles. The summed E-state index contributed by atoms with van der Waals surface area (Å²) >= 11 is 0. The Morgan fingerprint density at radius 2 is 2.20 bits per heavy atom. The van der Waals surface area contributed by atoms with Crippen LogP contribution in [0.5, 0.6) is 5.75 Å². The van der Waals surface area contributed by atoms with Gasteiger partial charge < -0.3 is 15.4 Å². The molecule has 2 rings (SSSR count). The van der Waals surface area contributed by atoms with Crippen LogP contribution in [0.2, 0.25) is 0 Å². The van der Waals surface area contributed by atoms with Gasteiger partial charge in [-0.25, -0.2) is 0 Å². The van der Waals surface area contributed by atoms with Crippen LogP contribution >= 0.6 is 0 Å². The molecule has 1 atom stereocenters. The molecule has 20 heavy (non-hydrogen) atoms. The quantitative estimate of drug-likeness (QED) is 0.885. The monoisotopic (exact) mass is 276 g/mol. The number of fused-ring (bicyclic) bond motifs is 1. The van der Waals surface area contributed by atoms with Crippen molar-refractivity contribution in [3.63, 3.8) is 0 Å². The molecule has 1 aromatic rings. The van der Waals surface area contributed by atoms with Gasteiger partial charge in [0.2, 0.25) is 0 Å². The van der Waals surface area contributed by atoms with E-state index >= 15 is 0 Å². The summed E-state index contributed by atoms with van der Waals surface area (Å²) in [6.45, 7) is 6.56. The molecule has 5 nitrogen and oxygen atoms in total. The fourth-order valence-corrected chi connectivity index (χ4v) is 1.92. The molecule has 0 radical (unpaired) electrons. The second-order valence-electron chi connectivity index (χ2n) is 5.40. The fraction of sp³-hybridized carbons (Fsp3) is 0.467. The van der Waals surface area contributed by atoms with Crippen LogP contribution in [-0.2, 0) is 4.79 Å². The first-order valence-electron chi connectivity index (χ1n) is 6.87. The molecular formula is C15H20N2O3. The van der Waals surface area contributed by atoms with Crippen LogP contribution in [0.3, 0.4) is 0 Å². The maximum Gasteiger partial charge on any atom is 0.265 e. The van der Waals surface area contributed by atoms with Gasteiger partial charge in [0.15, 0.2) is 6.10 Å². The minimum atomic E-state index is -0.540.